The van der Waals surface area contributed by atoms with E-state index >= 15 is 0 Å². The molecule has 3 nitrogen and oxygen atoms in total. The molecular formula is C9H10BrFN2O. The minimum absolute atomic E-state index is 0.398. The highest BCUT2D eigenvalue weighted by atomic mass is 79.9. The summed E-state index contributed by atoms with van der Waals surface area (Å²) in [5, 5.41) is 0. The molecule has 1 aliphatic heterocycles. The first kappa shape index (κ1) is 9.86. The number of ether oxygens (including phenoxy) is 1. The Morgan fingerprint density at radius 2 is 2.07 bits per heavy atom. The number of nitrogens with zero attached hydrogens (tertiary/aromatic N) is 2. The second-order valence-corrected chi connectivity index (χ2v) is 3.90. The number of hydrogen-bond acceptors (Lipinski definition) is 3. The van der Waals surface area contributed by atoms with Gasteiger partial charge in [0, 0.05) is 13.1 Å². The third-order valence-corrected chi connectivity index (χ3v) is 2.72. The Morgan fingerprint density at radius 3 is 2.71 bits per heavy atom. The van der Waals surface area contributed by atoms with Gasteiger partial charge in [-0.25, -0.2) is 4.98 Å². The van der Waals surface area contributed by atoms with Gasteiger partial charge in [-0.3, -0.25) is 0 Å². The van der Waals surface area contributed by atoms with E-state index in [1.165, 1.54) is 0 Å². The van der Waals surface area contributed by atoms with Crippen molar-refractivity contribution in [1.29, 1.82) is 0 Å². The summed E-state index contributed by atoms with van der Waals surface area (Å²) in [5.41, 5.74) is 0. The number of anilines is 1. The van der Waals surface area contributed by atoms with E-state index in [2.05, 4.69) is 20.9 Å². The molecule has 0 spiro atoms. The summed E-state index contributed by atoms with van der Waals surface area (Å²) >= 11 is 3.07. The van der Waals surface area contributed by atoms with Crippen LogP contribution in [-0.4, -0.2) is 31.3 Å². The number of morpholine rings is 1. The highest BCUT2D eigenvalue weighted by Crippen LogP contribution is 2.19. The predicted molar refractivity (Wildman–Crippen MR) is 54.9 cm³/mol. The van der Waals surface area contributed by atoms with E-state index in [-0.39, 0.29) is 0 Å². The predicted octanol–water partition coefficient (Wildman–Crippen LogP) is 1.82. The largest absolute Gasteiger partial charge is 0.378 e. The van der Waals surface area contributed by atoms with E-state index in [0.717, 1.165) is 13.1 Å². The molecule has 0 saturated carbocycles. The molecule has 0 atom stereocenters. The molecule has 0 aliphatic carbocycles. The minimum Gasteiger partial charge on any atom is -0.378 e. The highest BCUT2D eigenvalue weighted by Gasteiger charge is 2.13. The van der Waals surface area contributed by atoms with Gasteiger partial charge in [-0.1, -0.05) is 0 Å². The van der Waals surface area contributed by atoms with Gasteiger partial charge in [-0.05, 0) is 28.1 Å². The average Bonchev–Trinajstić information content (AvgIpc) is 2.23. The lowest BCUT2D eigenvalue weighted by molar-refractivity contribution is 0.122. The zero-order valence-electron chi connectivity index (χ0n) is 7.54. The molecule has 2 rings (SSSR count). The van der Waals surface area contributed by atoms with Gasteiger partial charge in [0.25, 0.3) is 0 Å². The minimum atomic E-state index is -0.464. The summed E-state index contributed by atoms with van der Waals surface area (Å²) in [7, 11) is 0. The Balaban J connectivity index is 2.18. The van der Waals surface area contributed by atoms with Crippen molar-refractivity contribution in [3.63, 3.8) is 0 Å². The van der Waals surface area contributed by atoms with Crippen LogP contribution in [0.3, 0.4) is 0 Å². The van der Waals surface area contributed by atoms with E-state index < -0.39 is 5.95 Å². The number of pyridine rings is 1. The van der Waals surface area contributed by atoms with E-state index in [4.69, 9.17) is 4.74 Å². The molecular weight excluding hydrogens is 251 g/mol. The number of aromatic nitrogens is 1. The molecule has 1 fully saturated rings. The zero-order chi connectivity index (χ0) is 9.97. The Bertz CT molecular complexity index is 329. The van der Waals surface area contributed by atoms with E-state index in [1.807, 2.05) is 4.90 Å². The van der Waals surface area contributed by atoms with Gasteiger partial charge in [0.2, 0.25) is 5.95 Å². The normalized spacial score (nSPS) is 17.1. The molecule has 1 aromatic heterocycles. The molecule has 0 amide bonds. The van der Waals surface area contributed by atoms with Crippen LogP contribution in [0.5, 0.6) is 0 Å². The molecule has 0 bridgehead atoms. The number of halogens is 2. The van der Waals surface area contributed by atoms with Crippen LogP contribution < -0.4 is 4.90 Å². The Labute approximate surface area is 90.0 Å². The van der Waals surface area contributed by atoms with Crippen molar-refractivity contribution in [2.24, 2.45) is 0 Å². The maximum Gasteiger partial charge on any atom is 0.229 e. The van der Waals surface area contributed by atoms with Gasteiger partial charge in [0.15, 0.2) is 0 Å². The van der Waals surface area contributed by atoms with Gasteiger partial charge in [0.05, 0.1) is 17.7 Å². The second-order valence-electron chi connectivity index (χ2n) is 3.04. The maximum atomic E-state index is 13.1. The number of hydrogen-bond donors (Lipinski definition) is 0. The van der Waals surface area contributed by atoms with Crippen LogP contribution in [0.25, 0.3) is 0 Å². The van der Waals surface area contributed by atoms with E-state index in [0.29, 0.717) is 23.5 Å². The molecule has 14 heavy (non-hydrogen) atoms. The van der Waals surface area contributed by atoms with Crippen LogP contribution in [0.15, 0.2) is 16.6 Å². The maximum absolute atomic E-state index is 13.1. The fourth-order valence-corrected chi connectivity index (χ4v) is 1.60. The molecule has 1 aliphatic rings. The van der Waals surface area contributed by atoms with Crippen molar-refractivity contribution in [2.45, 2.75) is 0 Å². The molecule has 0 radical (unpaired) electrons. The van der Waals surface area contributed by atoms with Crippen LogP contribution in [0.1, 0.15) is 0 Å². The highest BCUT2D eigenvalue weighted by molar-refractivity contribution is 9.10. The van der Waals surface area contributed by atoms with Crippen molar-refractivity contribution in [3.8, 4) is 0 Å². The SMILES string of the molecule is Fc1nc(N2CCOCC2)ccc1Br. The van der Waals surface area contributed by atoms with Gasteiger partial charge in [-0.2, -0.15) is 4.39 Å². The van der Waals surface area contributed by atoms with Crippen molar-refractivity contribution in [3.05, 3.63) is 22.6 Å². The fourth-order valence-electron chi connectivity index (χ4n) is 1.38. The van der Waals surface area contributed by atoms with Gasteiger partial charge < -0.3 is 9.64 Å². The van der Waals surface area contributed by atoms with Gasteiger partial charge in [-0.15, -0.1) is 0 Å². The monoisotopic (exact) mass is 260 g/mol. The van der Waals surface area contributed by atoms with Gasteiger partial charge >= 0.3 is 0 Å². The third kappa shape index (κ3) is 2.04. The summed E-state index contributed by atoms with van der Waals surface area (Å²) < 4.78 is 18.7. The molecule has 0 N–H and O–H groups in total. The lowest BCUT2D eigenvalue weighted by atomic mass is 10.4. The fraction of sp³-hybridized carbons (Fsp3) is 0.444. The average molecular weight is 261 g/mol. The summed E-state index contributed by atoms with van der Waals surface area (Å²) in [4.78, 5) is 5.87. The Hall–Kier alpha value is -0.680. The van der Waals surface area contributed by atoms with Crippen molar-refractivity contribution in [2.75, 3.05) is 31.2 Å². The van der Waals surface area contributed by atoms with Crippen molar-refractivity contribution in [1.82, 2.24) is 4.98 Å². The third-order valence-electron chi connectivity index (χ3n) is 2.12. The molecule has 76 valence electrons. The summed E-state index contributed by atoms with van der Waals surface area (Å²) in [5.74, 6) is 0.211. The Morgan fingerprint density at radius 1 is 1.36 bits per heavy atom. The summed E-state index contributed by atoms with van der Waals surface area (Å²) in [6, 6.07) is 3.48. The van der Waals surface area contributed by atoms with E-state index in [1.54, 1.807) is 12.1 Å². The first-order chi connectivity index (χ1) is 6.77. The smallest absolute Gasteiger partial charge is 0.229 e. The summed E-state index contributed by atoms with van der Waals surface area (Å²) in [6.07, 6.45) is 0. The second kappa shape index (κ2) is 4.23. The van der Waals surface area contributed by atoms with Crippen LogP contribution in [0.2, 0.25) is 0 Å². The molecule has 2 heterocycles. The Kier molecular flexibility index (Phi) is 2.98. The topological polar surface area (TPSA) is 25.4 Å². The standard InChI is InChI=1S/C9H10BrFN2O/c10-7-1-2-8(12-9(7)11)13-3-5-14-6-4-13/h1-2H,3-6H2. The van der Waals surface area contributed by atoms with Crippen molar-refractivity contribution >= 4 is 21.7 Å². The summed E-state index contributed by atoms with van der Waals surface area (Å²) in [6.45, 7) is 2.90. The quantitative estimate of drug-likeness (QED) is 0.721. The number of rotatable bonds is 1. The molecule has 1 saturated heterocycles. The van der Waals surface area contributed by atoms with Gasteiger partial charge in [0.1, 0.15) is 5.82 Å². The zero-order valence-corrected chi connectivity index (χ0v) is 9.13. The van der Waals surface area contributed by atoms with Crippen molar-refractivity contribution < 1.29 is 9.13 Å². The lowest BCUT2D eigenvalue weighted by Crippen LogP contribution is -2.36. The van der Waals surface area contributed by atoms with Crippen LogP contribution in [-0.2, 0) is 4.74 Å². The first-order valence-electron chi connectivity index (χ1n) is 4.42. The molecule has 0 aromatic carbocycles. The van der Waals surface area contributed by atoms with E-state index in [9.17, 15) is 4.39 Å². The van der Waals surface area contributed by atoms with Crippen LogP contribution >= 0.6 is 15.9 Å². The molecule has 1 aromatic rings. The van der Waals surface area contributed by atoms with Crippen LogP contribution in [0, 0.1) is 5.95 Å². The van der Waals surface area contributed by atoms with Crippen LogP contribution in [0.4, 0.5) is 10.2 Å². The lowest BCUT2D eigenvalue weighted by Gasteiger charge is -2.27. The first-order valence-corrected chi connectivity index (χ1v) is 5.21. The molecule has 5 heteroatoms. The molecule has 0 unspecified atom stereocenters.